The number of aromatic nitrogens is 1. The standard InChI is InChI=1S/C22H25N3O3S2/c1-16-6-5-13-25(14-16)30(27,28)18-11-9-17(10-12-18)22(26)24(2)15-21-23-19-7-3-4-8-20(19)29-21/h3-4,7-12,16H,5-6,13-15H2,1-2H3/t16-/m1/s1. The number of carbonyl (C=O) groups excluding carboxylic acids is 1. The van der Waals surface area contributed by atoms with Crippen LogP contribution in [0.1, 0.15) is 35.1 Å². The molecule has 8 heteroatoms. The van der Waals surface area contributed by atoms with Gasteiger partial charge in [-0.2, -0.15) is 4.31 Å². The lowest BCUT2D eigenvalue weighted by Gasteiger charge is -2.30. The molecule has 4 rings (SSSR count). The summed E-state index contributed by atoms with van der Waals surface area (Å²) in [4.78, 5) is 19.2. The summed E-state index contributed by atoms with van der Waals surface area (Å²) in [6.07, 6.45) is 1.94. The first kappa shape index (κ1) is 21.0. The van der Waals surface area contributed by atoms with E-state index in [1.807, 2.05) is 24.3 Å². The zero-order valence-corrected chi connectivity index (χ0v) is 18.7. The maximum Gasteiger partial charge on any atom is 0.253 e. The molecule has 0 saturated carbocycles. The molecule has 0 N–H and O–H groups in total. The van der Waals surface area contributed by atoms with E-state index in [1.54, 1.807) is 39.7 Å². The summed E-state index contributed by atoms with van der Waals surface area (Å²) in [5.74, 6) is 0.204. The van der Waals surface area contributed by atoms with E-state index in [0.29, 0.717) is 31.1 Å². The molecule has 1 fully saturated rings. The molecule has 0 aliphatic carbocycles. The van der Waals surface area contributed by atoms with Crippen LogP contribution in [0.5, 0.6) is 0 Å². The van der Waals surface area contributed by atoms with Gasteiger partial charge in [0.05, 0.1) is 21.7 Å². The summed E-state index contributed by atoms with van der Waals surface area (Å²) in [5, 5.41) is 0.866. The number of sulfonamides is 1. The van der Waals surface area contributed by atoms with Crippen molar-refractivity contribution in [1.82, 2.24) is 14.2 Å². The highest BCUT2D eigenvalue weighted by atomic mass is 32.2. The Hall–Kier alpha value is -2.29. The van der Waals surface area contributed by atoms with E-state index in [1.165, 1.54) is 12.1 Å². The Morgan fingerprint density at radius 2 is 1.93 bits per heavy atom. The number of para-hydroxylation sites is 1. The maximum absolute atomic E-state index is 12.9. The Kier molecular flexibility index (Phi) is 5.90. The van der Waals surface area contributed by atoms with Crippen molar-refractivity contribution in [3.05, 3.63) is 59.1 Å². The Labute approximate surface area is 181 Å². The molecule has 1 aliphatic rings. The van der Waals surface area contributed by atoms with Crippen molar-refractivity contribution >= 4 is 37.5 Å². The van der Waals surface area contributed by atoms with Crippen molar-refractivity contribution in [3.8, 4) is 0 Å². The minimum absolute atomic E-state index is 0.162. The number of rotatable bonds is 5. The zero-order chi connectivity index (χ0) is 21.3. The predicted molar refractivity (Wildman–Crippen MR) is 119 cm³/mol. The quantitative estimate of drug-likeness (QED) is 0.598. The van der Waals surface area contributed by atoms with Crippen LogP contribution in [0, 0.1) is 5.92 Å². The molecule has 2 aromatic carbocycles. The molecule has 1 amide bonds. The van der Waals surface area contributed by atoms with Gasteiger partial charge < -0.3 is 4.90 Å². The van der Waals surface area contributed by atoms with Crippen molar-refractivity contribution in [2.75, 3.05) is 20.1 Å². The third kappa shape index (κ3) is 4.26. The first-order valence-electron chi connectivity index (χ1n) is 10.0. The molecule has 1 aromatic heterocycles. The lowest BCUT2D eigenvalue weighted by molar-refractivity contribution is 0.0785. The smallest absolute Gasteiger partial charge is 0.253 e. The van der Waals surface area contributed by atoms with Crippen LogP contribution in [-0.4, -0.2) is 48.7 Å². The van der Waals surface area contributed by atoms with E-state index in [9.17, 15) is 13.2 Å². The van der Waals surface area contributed by atoms with E-state index in [0.717, 1.165) is 28.1 Å². The van der Waals surface area contributed by atoms with E-state index in [2.05, 4.69) is 11.9 Å². The van der Waals surface area contributed by atoms with Crippen LogP contribution in [0.25, 0.3) is 10.2 Å². The molecular weight excluding hydrogens is 418 g/mol. The second-order valence-electron chi connectivity index (χ2n) is 7.87. The molecule has 3 aromatic rings. The van der Waals surface area contributed by atoms with Gasteiger partial charge >= 0.3 is 0 Å². The maximum atomic E-state index is 12.9. The normalized spacial score (nSPS) is 17.9. The van der Waals surface area contributed by atoms with Gasteiger partial charge in [0.1, 0.15) is 5.01 Å². The highest BCUT2D eigenvalue weighted by molar-refractivity contribution is 7.89. The van der Waals surface area contributed by atoms with Gasteiger partial charge in [-0.1, -0.05) is 19.1 Å². The molecule has 0 spiro atoms. The van der Waals surface area contributed by atoms with Gasteiger partial charge in [-0.3, -0.25) is 4.79 Å². The molecule has 0 radical (unpaired) electrons. The monoisotopic (exact) mass is 443 g/mol. The molecule has 6 nitrogen and oxygen atoms in total. The van der Waals surface area contributed by atoms with Crippen LogP contribution >= 0.6 is 11.3 Å². The average molecular weight is 444 g/mol. The third-order valence-corrected chi connectivity index (χ3v) is 8.32. The molecule has 0 unspecified atom stereocenters. The topological polar surface area (TPSA) is 70.6 Å². The van der Waals surface area contributed by atoms with Crippen LogP contribution in [0.15, 0.2) is 53.4 Å². The number of piperidine rings is 1. The molecule has 2 heterocycles. The van der Waals surface area contributed by atoms with Gasteiger partial charge in [-0.05, 0) is 55.2 Å². The first-order chi connectivity index (χ1) is 14.3. The number of carbonyl (C=O) groups is 1. The van der Waals surface area contributed by atoms with E-state index in [-0.39, 0.29) is 10.8 Å². The molecular formula is C22H25N3O3S2. The van der Waals surface area contributed by atoms with E-state index >= 15 is 0 Å². The fourth-order valence-corrected chi connectivity index (χ4v) is 6.39. The fourth-order valence-electron chi connectivity index (χ4n) is 3.77. The average Bonchev–Trinajstić information content (AvgIpc) is 3.15. The number of thiazole rings is 1. The number of fused-ring (bicyclic) bond motifs is 1. The summed E-state index contributed by atoms with van der Waals surface area (Å²) in [7, 11) is -1.79. The highest BCUT2D eigenvalue weighted by Gasteiger charge is 2.28. The van der Waals surface area contributed by atoms with Crippen LogP contribution < -0.4 is 0 Å². The second-order valence-corrected chi connectivity index (χ2v) is 10.9. The summed E-state index contributed by atoms with van der Waals surface area (Å²) in [5.41, 5.74) is 1.39. The number of amides is 1. The molecule has 0 bridgehead atoms. The molecule has 1 saturated heterocycles. The Morgan fingerprint density at radius 3 is 2.63 bits per heavy atom. The lowest BCUT2D eigenvalue weighted by Crippen LogP contribution is -2.39. The highest BCUT2D eigenvalue weighted by Crippen LogP contribution is 2.25. The van der Waals surface area contributed by atoms with Crippen molar-refractivity contribution in [1.29, 1.82) is 0 Å². The second kappa shape index (κ2) is 8.45. The Morgan fingerprint density at radius 1 is 1.20 bits per heavy atom. The van der Waals surface area contributed by atoms with Crippen molar-refractivity contribution < 1.29 is 13.2 Å². The minimum atomic E-state index is -3.52. The summed E-state index contributed by atoms with van der Waals surface area (Å²) >= 11 is 1.57. The number of benzene rings is 2. The number of hydrogen-bond acceptors (Lipinski definition) is 5. The molecule has 1 atom stereocenters. The van der Waals surface area contributed by atoms with Crippen LogP contribution in [0.4, 0.5) is 0 Å². The summed E-state index contributed by atoms with van der Waals surface area (Å²) in [6.45, 7) is 3.58. The van der Waals surface area contributed by atoms with Gasteiger partial charge in [-0.25, -0.2) is 13.4 Å². The number of nitrogens with zero attached hydrogens (tertiary/aromatic N) is 3. The van der Waals surface area contributed by atoms with Gasteiger partial charge in [0.25, 0.3) is 5.91 Å². The van der Waals surface area contributed by atoms with Gasteiger partial charge in [-0.15, -0.1) is 11.3 Å². The van der Waals surface area contributed by atoms with Gasteiger partial charge in [0, 0.05) is 25.7 Å². The number of hydrogen-bond donors (Lipinski definition) is 0. The van der Waals surface area contributed by atoms with Crippen molar-refractivity contribution in [2.45, 2.75) is 31.2 Å². The fraction of sp³-hybridized carbons (Fsp3) is 0.364. The van der Waals surface area contributed by atoms with Crippen LogP contribution in [-0.2, 0) is 16.6 Å². The molecule has 30 heavy (non-hydrogen) atoms. The Bertz CT molecular complexity index is 1120. The van der Waals surface area contributed by atoms with Crippen LogP contribution in [0.2, 0.25) is 0 Å². The van der Waals surface area contributed by atoms with Crippen molar-refractivity contribution in [2.24, 2.45) is 5.92 Å². The SMILES string of the molecule is C[C@@H]1CCCN(S(=O)(=O)c2ccc(C(=O)N(C)Cc3nc4ccccc4s3)cc2)C1. The van der Waals surface area contributed by atoms with Gasteiger partial charge in [0.15, 0.2) is 0 Å². The Balaban J connectivity index is 1.46. The zero-order valence-electron chi connectivity index (χ0n) is 17.1. The summed E-state index contributed by atoms with van der Waals surface area (Å²) in [6, 6.07) is 14.1. The first-order valence-corrected chi connectivity index (χ1v) is 12.3. The van der Waals surface area contributed by atoms with E-state index in [4.69, 9.17) is 0 Å². The largest absolute Gasteiger partial charge is 0.335 e. The summed E-state index contributed by atoms with van der Waals surface area (Å²) < 4.78 is 28.4. The third-order valence-electron chi connectivity index (χ3n) is 5.42. The van der Waals surface area contributed by atoms with Crippen LogP contribution in [0.3, 0.4) is 0 Å². The van der Waals surface area contributed by atoms with Crippen molar-refractivity contribution in [3.63, 3.8) is 0 Å². The van der Waals surface area contributed by atoms with Gasteiger partial charge in [0.2, 0.25) is 10.0 Å². The predicted octanol–water partition coefficient (Wildman–Crippen LogP) is 3.99. The van der Waals surface area contributed by atoms with E-state index < -0.39 is 10.0 Å². The molecule has 158 valence electrons. The minimum Gasteiger partial charge on any atom is -0.335 e. The molecule has 1 aliphatic heterocycles. The lowest BCUT2D eigenvalue weighted by atomic mass is 10.0.